The van der Waals surface area contributed by atoms with Crippen molar-refractivity contribution in [1.82, 2.24) is 4.57 Å². The third-order valence-corrected chi connectivity index (χ3v) is 6.16. The Labute approximate surface area is 179 Å². The normalized spacial score (nSPS) is 12.9. The minimum absolute atomic E-state index is 0.112. The molecule has 3 aromatic carbocycles. The molecular weight excluding hydrogens is 366 g/mol. The summed E-state index contributed by atoms with van der Waals surface area (Å²) in [5.74, 6) is 1.91. The molecule has 0 amide bonds. The first-order chi connectivity index (χ1) is 14.5. The molecule has 154 valence electrons. The fourth-order valence-corrected chi connectivity index (χ4v) is 4.60. The first-order valence-corrected chi connectivity index (χ1v) is 11.0. The van der Waals surface area contributed by atoms with Gasteiger partial charge in [0.1, 0.15) is 0 Å². The molecule has 0 bridgehead atoms. The fraction of sp³-hybridized carbons (Fsp3) is 0.321. The van der Waals surface area contributed by atoms with Gasteiger partial charge in [-0.1, -0.05) is 76.2 Å². The average Bonchev–Trinajstić information content (AvgIpc) is 2.75. The Morgan fingerprint density at radius 1 is 0.733 bits per heavy atom. The number of benzene rings is 3. The predicted octanol–water partition coefficient (Wildman–Crippen LogP) is 6.99. The highest BCUT2D eigenvalue weighted by Gasteiger charge is 2.17. The maximum atomic E-state index is 13.0. The molecule has 0 aliphatic heterocycles. The van der Waals surface area contributed by atoms with Crippen LogP contribution in [-0.4, -0.2) is 4.57 Å². The quantitative estimate of drug-likeness (QED) is 0.321. The zero-order chi connectivity index (χ0) is 21.3. The van der Waals surface area contributed by atoms with Crippen molar-refractivity contribution >= 4 is 21.8 Å². The van der Waals surface area contributed by atoms with Gasteiger partial charge in [-0.2, -0.15) is 0 Å². The number of fused-ring (bicyclic) bond motifs is 2. The summed E-state index contributed by atoms with van der Waals surface area (Å²) in [6.45, 7) is 9.99. The maximum absolute atomic E-state index is 13.0. The summed E-state index contributed by atoms with van der Waals surface area (Å²) < 4.78 is 2.27. The van der Waals surface area contributed by atoms with Gasteiger partial charge in [-0.05, 0) is 59.6 Å². The van der Waals surface area contributed by atoms with Crippen molar-refractivity contribution < 1.29 is 0 Å². The zero-order valence-electron chi connectivity index (χ0n) is 18.4. The van der Waals surface area contributed by atoms with Crippen LogP contribution in [0, 0.1) is 11.8 Å². The molecule has 0 aliphatic carbocycles. The summed E-state index contributed by atoms with van der Waals surface area (Å²) in [6, 6.07) is 25.0. The minimum Gasteiger partial charge on any atom is -0.336 e. The Kier molecular flexibility index (Phi) is 5.76. The van der Waals surface area contributed by atoms with Crippen LogP contribution < -0.4 is 5.43 Å². The standard InChI is InChI=1S/C28H31NO/c1-19(2)17-25(20(3)4)22-15-13-21(14-16-22)18-29-26-11-7-5-9-23(26)28(30)24-10-6-8-12-27(24)29/h5-16,19-20,25H,17-18H2,1-4H3. The minimum atomic E-state index is 0.112. The average molecular weight is 398 g/mol. The predicted molar refractivity (Wildman–Crippen MR) is 128 cm³/mol. The lowest BCUT2D eigenvalue weighted by molar-refractivity contribution is 0.408. The monoisotopic (exact) mass is 397 g/mol. The molecule has 1 aromatic heterocycles. The molecule has 2 nitrogen and oxygen atoms in total. The number of para-hydroxylation sites is 2. The van der Waals surface area contributed by atoms with Crippen LogP contribution in [0.5, 0.6) is 0 Å². The molecule has 1 unspecified atom stereocenters. The molecule has 0 aliphatic rings. The summed E-state index contributed by atoms with van der Waals surface area (Å²) >= 11 is 0. The molecule has 0 saturated heterocycles. The molecule has 0 fully saturated rings. The Morgan fingerprint density at radius 3 is 1.77 bits per heavy atom. The molecule has 0 N–H and O–H groups in total. The van der Waals surface area contributed by atoms with E-state index in [2.05, 4.69) is 68.7 Å². The molecule has 0 radical (unpaired) electrons. The number of rotatable bonds is 6. The molecular formula is C28H31NO. The lowest BCUT2D eigenvalue weighted by Gasteiger charge is -2.24. The number of nitrogens with zero attached hydrogens (tertiary/aromatic N) is 1. The van der Waals surface area contributed by atoms with E-state index < -0.39 is 0 Å². The molecule has 1 atom stereocenters. The van der Waals surface area contributed by atoms with Gasteiger partial charge in [-0.15, -0.1) is 0 Å². The third-order valence-electron chi connectivity index (χ3n) is 6.16. The van der Waals surface area contributed by atoms with E-state index in [0.717, 1.165) is 28.4 Å². The van der Waals surface area contributed by atoms with E-state index in [4.69, 9.17) is 0 Å². The highest BCUT2D eigenvalue weighted by molar-refractivity contribution is 5.93. The van der Waals surface area contributed by atoms with Gasteiger partial charge in [0.15, 0.2) is 5.43 Å². The van der Waals surface area contributed by atoms with Crippen molar-refractivity contribution in [2.45, 2.75) is 46.6 Å². The van der Waals surface area contributed by atoms with Crippen molar-refractivity contribution in [1.29, 1.82) is 0 Å². The molecule has 1 heterocycles. The van der Waals surface area contributed by atoms with Gasteiger partial charge in [0.05, 0.1) is 11.0 Å². The van der Waals surface area contributed by atoms with E-state index in [9.17, 15) is 4.79 Å². The molecule has 0 spiro atoms. The molecule has 4 aromatic rings. The maximum Gasteiger partial charge on any atom is 0.197 e. The van der Waals surface area contributed by atoms with E-state index in [1.165, 1.54) is 17.5 Å². The van der Waals surface area contributed by atoms with Crippen molar-refractivity contribution in [2.24, 2.45) is 11.8 Å². The van der Waals surface area contributed by atoms with E-state index in [1.54, 1.807) is 0 Å². The first kappa shape index (κ1) is 20.4. The van der Waals surface area contributed by atoms with Crippen molar-refractivity contribution in [3.8, 4) is 0 Å². The van der Waals surface area contributed by atoms with Crippen LogP contribution in [0.1, 0.15) is 51.2 Å². The van der Waals surface area contributed by atoms with Gasteiger partial charge < -0.3 is 4.57 Å². The number of pyridine rings is 1. The van der Waals surface area contributed by atoms with Crippen LogP contribution in [0.4, 0.5) is 0 Å². The van der Waals surface area contributed by atoms with Gasteiger partial charge >= 0.3 is 0 Å². The Balaban J connectivity index is 1.76. The van der Waals surface area contributed by atoms with Crippen molar-refractivity contribution in [3.05, 3.63) is 94.1 Å². The third kappa shape index (κ3) is 3.92. The molecule has 30 heavy (non-hydrogen) atoms. The van der Waals surface area contributed by atoms with Crippen molar-refractivity contribution in [2.75, 3.05) is 0 Å². The van der Waals surface area contributed by atoms with Gasteiger partial charge in [0.2, 0.25) is 0 Å². The summed E-state index contributed by atoms with van der Waals surface area (Å²) in [7, 11) is 0. The van der Waals surface area contributed by atoms with Gasteiger partial charge in [-0.3, -0.25) is 4.79 Å². The second-order valence-electron chi connectivity index (χ2n) is 9.17. The highest BCUT2D eigenvalue weighted by atomic mass is 16.1. The van der Waals surface area contributed by atoms with Crippen LogP contribution >= 0.6 is 0 Å². The van der Waals surface area contributed by atoms with Gasteiger partial charge in [0.25, 0.3) is 0 Å². The summed E-state index contributed by atoms with van der Waals surface area (Å²) in [5.41, 5.74) is 4.78. The van der Waals surface area contributed by atoms with Crippen LogP contribution in [0.15, 0.2) is 77.6 Å². The van der Waals surface area contributed by atoms with Crippen molar-refractivity contribution in [3.63, 3.8) is 0 Å². The lowest BCUT2D eigenvalue weighted by atomic mass is 9.82. The molecule has 2 heteroatoms. The Hall–Kier alpha value is -2.87. The number of aromatic nitrogens is 1. The fourth-order valence-electron chi connectivity index (χ4n) is 4.60. The lowest BCUT2D eigenvalue weighted by Crippen LogP contribution is -2.12. The van der Waals surface area contributed by atoms with E-state index in [0.29, 0.717) is 17.8 Å². The van der Waals surface area contributed by atoms with E-state index in [-0.39, 0.29) is 5.43 Å². The smallest absolute Gasteiger partial charge is 0.197 e. The van der Waals surface area contributed by atoms with E-state index in [1.807, 2.05) is 36.4 Å². The molecule has 4 rings (SSSR count). The van der Waals surface area contributed by atoms with Crippen LogP contribution in [0.2, 0.25) is 0 Å². The second-order valence-corrected chi connectivity index (χ2v) is 9.17. The topological polar surface area (TPSA) is 22.0 Å². The van der Waals surface area contributed by atoms with Crippen LogP contribution in [0.25, 0.3) is 21.8 Å². The summed E-state index contributed by atoms with van der Waals surface area (Å²) in [4.78, 5) is 13.0. The SMILES string of the molecule is CC(C)CC(c1ccc(Cn2c3ccccc3c(=O)c3ccccc32)cc1)C(C)C. The largest absolute Gasteiger partial charge is 0.336 e. The van der Waals surface area contributed by atoms with Gasteiger partial charge in [-0.25, -0.2) is 0 Å². The summed E-state index contributed by atoms with van der Waals surface area (Å²) in [5, 5.41) is 1.56. The first-order valence-electron chi connectivity index (χ1n) is 11.0. The Morgan fingerprint density at radius 2 is 1.27 bits per heavy atom. The van der Waals surface area contributed by atoms with Crippen LogP contribution in [-0.2, 0) is 6.54 Å². The summed E-state index contributed by atoms with van der Waals surface area (Å²) in [6.07, 6.45) is 1.21. The zero-order valence-corrected chi connectivity index (χ0v) is 18.4. The second kappa shape index (κ2) is 8.47. The number of hydrogen-bond donors (Lipinski definition) is 0. The molecule has 0 saturated carbocycles. The number of hydrogen-bond acceptors (Lipinski definition) is 1. The highest BCUT2D eigenvalue weighted by Crippen LogP contribution is 2.31. The van der Waals surface area contributed by atoms with Gasteiger partial charge in [0, 0.05) is 17.3 Å². The van der Waals surface area contributed by atoms with Crippen LogP contribution in [0.3, 0.4) is 0 Å². The Bertz CT molecular complexity index is 1160. The van der Waals surface area contributed by atoms with E-state index >= 15 is 0 Å².